The molecule has 0 unspecified atom stereocenters. The van der Waals surface area contributed by atoms with E-state index in [0.29, 0.717) is 22.8 Å². The molecular weight excluding hydrogens is 452 g/mol. The number of nitro benzene ring substituents is 1. The average molecular weight is 469 g/mol. The molecule has 0 fully saturated rings. The van der Waals surface area contributed by atoms with Crippen LogP contribution in [0, 0.1) is 10.1 Å². The Morgan fingerprint density at radius 2 is 2.00 bits per heavy atom. The number of aromatic nitrogens is 4. The molecule has 4 rings (SSSR count). The van der Waals surface area contributed by atoms with Crippen LogP contribution < -0.4 is 14.8 Å². The SMILES string of the molecule is COc1ccccc1-c1nnc2ccc(OCCNC(=O)c3cc(Cl)ccc3[N+](=O)[O-])nn12. The van der Waals surface area contributed by atoms with Gasteiger partial charge in [0.15, 0.2) is 11.5 Å². The Kier molecular flexibility index (Phi) is 6.31. The standard InChI is InChI=1S/C21H17ClN6O5/c1-32-17-5-3-2-4-14(17)20-25-24-18-8-9-19(26-27(18)20)33-11-10-23-21(29)15-12-13(22)6-7-16(15)28(30)31/h2-9,12H,10-11H2,1H3,(H,23,29). The molecule has 1 N–H and O–H groups in total. The number of benzene rings is 2. The van der Waals surface area contributed by atoms with Crippen molar-refractivity contribution in [1.29, 1.82) is 0 Å². The van der Waals surface area contributed by atoms with Crippen molar-refractivity contribution in [3.63, 3.8) is 0 Å². The monoisotopic (exact) mass is 468 g/mol. The summed E-state index contributed by atoms with van der Waals surface area (Å²) in [7, 11) is 1.57. The molecular formula is C21H17ClN6O5. The van der Waals surface area contributed by atoms with E-state index in [1.807, 2.05) is 24.3 Å². The van der Waals surface area contributed by atoms with Crippen LogP contribution in [-0.4, -0.2) is 50.9 Å². The van der Waals surface area contributed by atoms with Crippen LogP contribution in [0.2, 0.25) is 5.02 Å². The third-order valence-corrected chi connectivity index (χ3v) is 4.86. The third kappa shape index (κ3) is 4.67. The number of nitrogens with one attached hydrogen (secondary N) is 1. The van der Waals surface area contributed by atoms with Crippen molar-refractivity contribution in [1.82, 2.24) is 25.1 Å². The molecule has 2 heterocycles. The molecule has 0 atom stereocenters. The molecule has 11 nitrogen and oxygen atoms in total. The second kappa shape index (κ2) is 9.49. The van der Waals surface area contributed by atoms with Gasteiger partial charge in [0.05, 0.1) is 24.1 Å². The van der Waals surface area contributed by atoms with Gasteiger partial charge in [-0.1, -0.05) is 23.7 Å². The Morgan fingerprint density at radius 3 is 2.79 bits per heavy atom. The highest BCUT2D eigenvalue weighted by Gasteiger charge is 2.20. The summed E-state index contributed by atoms with van der Waals surface area (Å²) in [6.45, 7) is 0.161. The first-order chi connectivity index (χ1) is 16.0. The normalized spacial score (nSPS) is 10.7. The fourth-order valence-corrected chi connectivity index (χ4v) is 3.28. The van der Waals surface area contributed by atoms with E-state index in [0.717, 1.165) is 0 Å². The van der Waals surface area contributed by atoms with Gasteiger partial charge >= 0.3 is 0 Å². The molecule has 33 heavy (non-hydrogen) atoms. The number of nitro groups is 1. The molecule has 2 aromatic carbocycles. The van der Waals surface area contributed by atoms with Crippen LogP contribution in [-0.2, 0) is 0 Å². The van der Waals surface area contributed by atoms with Crippen LogP contribution in [0.25, 0.3) is 17.0 Å². The van der Waals surface area contributed by atoms with E-state index in [1.165, 1.54) is 22.7 Å². The van der Waals surface area contributed by atoms with Gasteiger partial charge in [0.1, 0.15) is 17.9 Å². The van der Waals surface area contributed by atoms with Crippen LogP contribution >= 0.6 is 11.6 Å². The summed E-state index contributed by atoms with van der Waals surface area (Å²) >= 11 is 5.87. The van der Waals surface area contributed by atoms with Gasteiger partial charge < -0.3 is 14.8 Å². The Hall–Kier alpha value is -4.25. The largest absolute Gasteiger partial charge is 0.496 e. The van der Waals surface area contributed by atoms with E-state index in [4.69, 9.17) is 21.1 Å². The predicted octanol–water partition coefficient (Wildman–Crippen LogP) is 3.17. The molecule has 4 aromatic rings. The number of ether oxygens (including phenoxy) is 2. The summed E-state index contributed by atoms with van der Waals surface area (Å²) in [5.41, 5.74) is 0.775. The topological polar surface area (TPSA) is 134 Å². The Balaban J connectivity index is 1.44. The first-order valence-electron chi connectivity index (χ1n) is 9.68. The summed E-state index contributed by atoms with van der Waals surface area (Å²) < 4.78 is 12.5. The highest BCUT2D eigenvalue weighted by atomic mass is 35.5. The van der Waals surface area contributed by atoms with Gasteiger partial charge in [0, 0.05) is 17.2 Å². The number of methoxy groups -OCH3 is 1. The molecule has 0 saturated heterocycles. The first-order valence-corrected chi connectivity index (χ1v) is 10.1. The lowest BCUT2D eigenvalue weighted by molar-refractivity contribution is -0.385. The maximum atomic E-state index is 12.4. The van der Waals surface area contributed by atoms with Gasteiger partial charge in [-0.3, -0.25) is 14.9 Å². The van der Waals surface area contributed by atoms with Crippen LogP contribution in [0.15, 0.2) is 54.6 Å². The summed E-state index contributed by atoms with van der Waals surface area (Å²) in [5.74, 6) is 0.752. The van der Waals surface area contributed by atoms with Crippen molar-refractivity contribution in [2.45, 2.75) is 0 Å². The summed E-state index contributed by atoms with van der Waals surface area (Å²) in [6, 6.07) is 14.5. The van der Waals surface area contributed by atoms with Crippen molar-refractivity contribution in [3.8, 4) is 23.0 Å². The summed E-state index contributed by atoms with van der Waals surface area (Å²) in [6.07, 6.45) is 0. The third-order valence-electron chi connectivity index (χ3n) is 4.62. The number of carbonyl (C=O) groups is 1. The van der Waals surface area contributed by atoms with Gasteiger partial charge in [-0.15, -0.1) is 15.3 Å². The molecule has 0 aliphatic carbocycles. The number of halogens is 1. The van der Waals surface area contributed by atoms with E-state index in [-0.39, 0.29) is 35.3 Å². The van der Waals surface area contributed by atoms with E-state index in [9.17, 15) is 14.9 Å². The number of rotatable bonds is 8. The molecule has 0 spiro atoms. The maximum absolute atomic E-state index is 12.4. The fourth-order valence-electron chi connectivity index (χ4n) is 3.11. The Bertz CT molecular complexity index is 1340. The first kappa shape index (κ1) is 22.0. The van der Waals surface area contributed by atoms with Gasteiger partial charge in [-0.05, 0) is 30.3 Å². The molecule has 0 aliphatic heterocycles. The number of hydrogen-bond donors (Lipinski definition) is 1. The molecule has 1 amide bonds. The number of hydrogen-bond acceptors (Lipinski definition) is 8. The van der Waals surface area contributed by atoms with Crippen molar-refractivity contribution >= 4 is 28.8 Å². The minimum atomic E-state index is -0.640. The van der Waals surface area contributed by atoms with Gasteiger partial charge in [0.2, 0.25) is 5.88 Å². The van der Waals surface area contributed by atoms with E-state index in [1.54, 1.807) is 19.2 Å². The summed E-state index contributed by atoms with van der Waals surface area (Å²) in [4.78, 5) is 22.9. The molecule has 0 aliphatic rings. The molecule has 168 valence electrons. The van der Waals surface area contributed by atoms with Gasteiger partial charge in [-0.25, -0.2) is 0 Å². The van der Waals surface area contributed by atoms with Crippen molar-refractivity contribution in [2.24, 2.45) is 0 Å². The maximum Gasteiger partial charge on any atom is 0.282 e. The van der Waals surface area contributed by atoms with Crippen molar-refractivity contribution in [2.75, 3.05) is 20.3 Å². The second-order valence-corrected chi connectivity index (χ2v) is 7.12. The van der Waals surface area contributed by atoms with E-state index >= 15 is 0 Å². The quantitative estimate of drug-likeness (QED) is 0.237. The van der Waals surface area contributed by atoms with Crippen LogP contribution in [0.1, 0.15) is 10.4 Å². The molecule has 0 bridgehead atoms. The average Bonchev–Trinajstić information content (AvgIpc) is 3.24. The Morgan fingerprint density at radius 1 is 1.18 bits per heavy atom. The Labute approximate surface area is 192 Å². The van der Waals surface area contributed by atoms with Crippen LogP contribution in [0.4, 0.5) is 5.69 Å². The van der Waals surface area contributed by atoms with Gasteiger partial charge in [-0.2, -0.15) is 4.52 Å². The lowest BCUT2D eigenvalue weighted by Gasteiger charge is -2.09. The second-order valence-electron chi connectivity index (χ2n) is 6.69. The fraction of sp³-hybridized carbons (Fsp3) is 0.143. The zero-order valence-corrected chi connectivity index (χ0v) is 18.0. The zero-order chi connectivity index (χ0) is 23.4. The molecule has 12 heteroatoms. The lowest BCUT2D eigenvalue weighted by atomic mass is 10.1. The zero-order valence-electron chi connectivity index (χ0n) is 17.3. The summed E-state index contributed by atoms with van der Waals surface area (Å²) in [5, 5.41) is 26.6. The number of nitrogens with zero attached hydrogens (tertiary/aromatic N) is 5. The minimum absolute atomic E-state index is 0.0741. The van der Waals surface area contributed by atoms with E-state index < -0.39 is 10.8 Å². The number of carbonyl (C=O) groups excluding carboxylic acids is 1. The lowest BCUT2D eigenvalue weighted by Crippen LogP contribution is -2.28. The smallest absolute Gasteiger partial charge is 0.282 e. The number of para-hydroxylation sites is 1. The number of amides is 1. The molecule has 0 radical (unpaired) electrons. The minimum Gasteiger partial charge on any atom is -0.496 e. The highest BCUT2D eigenvalue weighted by Crippen LogP contribution is 2.28. The van der Waals surface area contributed by atoms with Crippen LogP contribution in [0.3, 0.4) is 0 Å². The number of fused-ring (bicyclic) bond motifs is 1. The van der Waals surface area contributed by atoms with Crippen molar-refractivity contribution in [3.05, 3.63) is 75.3 Å². The predicted molar refractivity (Wildman–Crippen MR) is 119 cm³/mol. The van der Waals surface area contributed by atoms with E-state index in [2.05, 4.69) is 20.6 Å². The highest BCUT2D eigenvalue weighted by molar-refractivity contribution is 6.31. The molecule has 0 saturated carbocycles. The van der Waals surface area contributed by atoms with Crippen molar-refractivity contribution < 1.29 is 19.2 Å². The molecule has 2 aromatic heterocycles. The van der Waals surface area contributed by atoms with Gasteiger partial charge in [0.25, 0.3) is 11.6 Å². The van der Waals surface area contributed by atoms with Crippen LogP contribution in [0.5, 0.6) is 11.6 Å².